The zero-order valence-electron chi connectivity index (χ0n) is 12.9. The number of ether oxygens (including phenoxy) is 1. The first-order valence-electron chi connectivity index (χ1n) is 7.45. The van der Waals surface area contributed by atoms with Crippen molar-refractivity contribution in [3.8, 4) is 5.75 Å². The van der Waals surface area contributed by atoms with Crippen molar-refractivity contribution < 1.29 is 14.3 Å². The molecular weight excluding hydrogens is 290 g/mol. The van der Waals surface area contributed by atoms with E-state index in [1.54, 1.807) is 24.2 Å². The average molecular weight is 307 g/mol. The molecule has 0 aliphatic carbocycles. The van der Waals surface area contributed by atoms with Gasteiger partial charge < -0.3 is 9.64 Å². The summed E-state index contributed by atoms with van der Waals surface area (Å²) in [6.07, 6.45) is 3.64. The summed E-state index contributed by atoms with van der Waals surface area (Å²) in [6.45, 7) is 0.414. The molecule has 1 heterocycles. The molecule has 4 nitrogen and oxygen atoms in total. The van der Waals surface area contributed by atoms with Gasteiger partial charge in [-0.2, -0.15) is 0 Å². The molecule has 2 aromatic rings. The van der Waals surface area contributed by atoms with Crippen LogP contribution >= 0.6 is 0 Å². The maximum absolute atomic E-state index is 12.5. The van der Waals surface area contributed by atoms with E-state index in [4.69, 9.17) is 4.74 Å². The summed E-state index contributed by atoms with van der Waals surface area (Å²) in [6, 6.07) is 14.7. The molecule has 0 aromatic heterocycles. The second-order valence-electron chi connectivity index (χ2n) is 5.29. The van der Waals surface area contributed by atoms with E-state index in [1.165, 1.54) is 6.08 Å². The minimum atomic E-state index is -0.132. The standard InChI is InChI=1S/C19H17NO3/c1-23-15-6-4-5-14(13-15)9-10-19(22)20-12-11-18(21)16-7-2-3-8-17(16)20/h2-10,13H,11-12H2,1H3/b10-9+. The van der Waals surface area contributed by atoms with Crippen molar-refractivity contribution in [1.29, 1.82) is 0 Å². The molecule has 0 radical (unpaired) electrons. The summed E-state index contributed by atoms with van der Waals surface area (Å²) >= 11 is 0. The van der Waals surface area contributed by atoms with Gasteiger partial charge in [-0.1, -0.05) is 24.3 Å². The smallest absolute Gasteiger partial charge is 0.251 e. The highest BCUT2D eigenvalue weighted by molar-refractivity contribution is 6.12. The van der Waals surface area contributed by atoms with Gasteiger partial charge in [0.2, 0.25) is 0 Å². The van der Waals surface area contributed by atoms with Crippen molar-refractivity contribution in [3.63, 3.8) is 0 Å². The Hall–Kier alpha value is -2.88. The van der Waals surface area contributed by atoms with Crippen LogP contribution in [0.1, 0.15) is 22.3 Å². The highest BCUT2D eigenvalue weighted by Gasteiger charge is 2.25. The van der Waals surface area contributed by atoms with Crippen LogP contribution in [0.3, 0.4) is 0 Å². The van der Waals surface area contributed by atoms with Gasteiger partial charge in [-0.15, -0.1) is 0 Å². The number of fused-ring (bicyclic) bond motifs is 1. The molecule has 0 saturated carbocycles. The number of amides is 1. The van der Waals surface area contributed by atoms with Crippen molar-refractivity contribution in [2.24, 2.45) is 0 Å². The lowest BCUT2D eigenvalue weighted by Gasteiger charge is -2.27. The predicted octanol–water partition coefficient (Wildman–Crippen LogP) is 3.33. The quantitative estimate of drug-likeness (QED) is 0.817. The second kappa shape index (κ2) is 6.48. The van der Waals surface area contributed by atoms with Crippen molar-refractivity contribution >= 4 is 23.5 Å². The van der Waals surface area contributed by atoms with E-state index in [9.17, 15) is 9.59 Å². The highest BCUT2D eigenvalue weighted by Crippen LogP contribution is 2.27. The van der Waals surface area contributed by atoms with Crippen LogP contribution in [-0.2, 0) is 4.79 Å². The minimum absolute atomic E-state index is 0.0847. The van der Waals surface area contributed by atoms with Crippen LogP contribution in [0.4, 0.5) is 5.69 Å². The molecule has 23 heavy (non-hydrogen) atoms. The van der Waals surface area contributed by atoms with Crippen molar-refractivity contribution in [2.75, 3.05) is 18.6 Å². The van der Waals surface area contributed by atoms with Crippen LogP contribution < -0.4 is 9.64 Å². The van der Waals surface area contributed by atoms with E-state index in [-0.39, 0.29) is 11.7 Å². The average Bonchev–Trinajstić information content (AvgIpc) is 2.60. The van der Waals surface area contributed by atoms with Gasteiger partial charge in [0.15, 0.2) is 5.78 Å². The van der Waals surface area contributed by atoms with Crippen LogP contribution in [0.5, 0.6) is 5.75 Å². The van der Waals surface area contributed by atoms with Crippen LogP contribution in [0.25, 0.3) is 6.08 Å². The van der Waals surface area contributed by atoms with Gasteiger partial charge in [0.05, 0.1) is 12.8 Å². The lowest BCUT2D eigenvalue weighted by molar-refractivity contribution is -0.114. The summed E-state index contributed by atoms with van der Waals surface area (Å²) in [5.74, 6) is 0.697. The first kappa shape index (κ1) is 15.0. The Bertz CT molecular complexity index is 780. The third-order valence-electron chi connectivity index (χ3n) is 3.84. The first-order valence-corrected chi connectivity index (χ1v) is 7.45. The molecular formula is C19H17NO3. The van der Waals surface area contributed by atoms with Gasteiger partial charge in [-0.05, 0) is 35.9 Å². The van der Waals surface area contributed by atoms with E-state index >= 15 is 0 Å². The fourth-order valence-corrected chi connectivity index (χ4v) is 2.64. The molecule has 1 aliphatic heterocycles. The molecule has 0 N–H and O–H groups in total. The summed E-state index contributed by atoms with van der Waals surface area (Å²) in [5, 5.41) is 0. The summed E-state index contributed by atoms with van der Waals surface area (Å²) < 4.78 is 5.17. The maximum atomic E-state index is 12.5. The number of methoxy groups -OCH3 is 1. The largest absolute Gasteiger partial charge is 0.497 e. The minimum Gasteiger partial charge on any atom is -0.497 e. The van der Waals surface area contributed by atoms with Crippen LogP contribution in [0.15, 0.2) is 54.6 Å². The van der Waals surface area contributed by atoms with Gasteiger partial charge in [0.25, 0.3) is 5.91 Å². The van der Waals surface area contributed by atoms with Gasteiger partial charge in [0.1, 0.15) is 5.75 Å². The fourth-order valence-electron chi connectivity index (χ4n) is 2.64. The van der Waals surface area contributed by atoms with Gasteiger partial charge >= 0.3 is 0 Å². The maximum Gasteiger partial charge on any atom is 0.251 e. The number of benzene rings is 2. The van der Waals surface area contributed by atoms with E-state index < -0.39 is 0 Å². The number of ketones is 1. The van der Waals surface area contributed by atoms with Crippen LogP contribution in [0, 0.1) is 0 Å². The van der Waals surface area contributed by atoms with E-state index in [0.717, 1.165) is 11.3 Å². The Balaban J connectivity index is 1.82. The first-order chi connectivity index (χ1) is 11.2. The molecule has 0 spiro atoms. The molecule has 0 bridgehead atoms. The Kier molecular flexibility index (Phi) is 4.24. The number of anilines is 1. The van der Waals surface area contributed by atoms with E-state index in [1.807, 2.05) is 42.5 Å². The van der Waals surface area contributed by atoms with Gasteiger partial charge in [-0.25, -0.2) is 0 Å². The monoisotopic (exact) mass is 307 g/mol. The number of nitrogens with zero attached hydrogens (tertiary/aromatic N) is 1. The molecule has 2 aromatic carbocycles. The Morgan fingerprint density at radius 1 is 1.17 bits per heavy atom. The number of carbonyl (C=O) groups excluding carboxylic acids is 2. The Morgan fingerprint density at radius 2 is 2.00 bits per heavy atom. The van der Waals surface area contributed by atoms with Crippen LogP contribution in [-0.4, -0.2) is 25.3 Å². The van der Waals surface area contributed by atoms with Crippen molar-refractivity contribution in [1.82, 2.24) is 0 Å². The zero-order valence-corrected chi connectivity index (χ0v) is 12.9. The third-order valence-corrected chi connectivity index (χ3v) is 3.84. The third kappa shape index (κ3) is 3.16. The van der Waals surface area contributed by atoms with Gasteiger partial charge in [-0.3, -0.25) is 9.59 Å². The summed E-state index contributed by atoms with van der Waals surface area (Å²) in [4.78, 5) is 26.1. The SMILES string of the molecule is COc1cccc(/C=C/C(=O)N2CCC(=O)c3ccccc32)c1. The number of hydrogen-bond acceptors (Lipinski definition) is 3. The lowest BCUT2D eigenvalue weighted by Crippen LogP contribution is -2.36. The Morgan fingerprint density at radius 3 is 2.83 bits per heavy atom. The predicted molar refractivity (Wildman–Crippen MR) is 89.8 cm³/mol. The molecule has 0 fully saturated rings. The highest BCUT2D eigenvalue weighted by atomic mass is 16.5. The topological polar surface area (TPSA) is 46.6 Å². The second-order valence-corrected chi connectivity index (χ2v) is 5.29. The van der Waals surface area contributed by atoms with Crippen molar-refractivity contribution in [2.45, 2.75) is 6.42 Å². The number of rotatable bonds is 3. The molecule has 1 aliphatic rings. The van der Waals surface area contributed by atoms with Crippen molar-refractivity contribution in [3.05, 3.63) is 65.7 Å². The van der Waals surface area contributed by atoms with E-state index in [0.29, 0.717) is 24.2 Å². The van der Waals surface area contributed by atoms with Gasteiger partial charge in [0, 0.05) is 24.6 Å². The Labute approximate surface area is 135 Å². The molecule has 3 rings (SSSR count). The molecule has 1 amide bonds. The normalized spacial score (nSPS) is 14.0. The number of carbonyl (C=O) groups is 2. The van der Waals surface area contributed by atoms with Crippen LogP contribution in [0.2, 0.25) is 0 Å². The summed E-state index contributed by atoms with van der Waals surface area (Å²) in [5.41, 5.74) is 2.19. The zero-order chi connectivity index (χ0) is 16.2. The number of hydrogen-bond donors (Lipinski definition) is 0. The molecule has 0 saturated heterocycles. The molecule has 0 unspecified atom stereocenters. The molecule has 116 valence electrons. The molecule has 0 atom stereocenters. The number of Topliss-reactive ketones (excluding diaryl/α,β-unsaturated/α-hetero) is 1. The fraction of sp³-hybridized carbons (Fsp3) is 0.158. The lowest BCUT2D eigenvalue weighted by atomic mass is 10.0. The number of para-hydroxylation sites is 1. The summed E-state index contributed by atoms with van der Waals surface area (Å²) in [7, 11) is 1.61. The molecule has 4 heteroatoms. The van der Waals surface area contributed by atoms with E-state index in [2.05, 4.69) is 0 Å².